The summed E-state index contributed by atoms with van der Waals surface area (Å²) < 4.78 is 15.3. The molecule has 5 heteroatoms. The van der Waals surface area contributed by atoms with Gasteiger partial charge in [0.15, 0.2) is 0 Å². The second-order valence-corrected chi connectivity index (χ2v) is 4.74. The average Bonchev–Trinajstić information content (AvgIpc) is 2.10. The van der Waals surface area contributed by atoms with Crippen molar-refractivity contribution < 1.29 is 18.9 Å². The van der Waals surface area contributed by atoms with Crippen LogP contribution in [0.3, 0.4) is 0 Å². The van der Waals surface area contributed by atoms with Crippen LogP contribution in [0.2, 0.25) is 0 Å². The van der Waals surface area contributed by atoms with Gasteiger partial charge < -0.3 is 9.79 Å². The van der Waals surface area contributed by atoms with E-state index in [0.29, 0.717) is 12.3 Å². The molecule has 0 spiro atoms. The van der Waals surface area contributed by atoms with Crippen molar-refractivity contribution in [1.29, 1.82) is 0 Å². The Balaban J connectivity index is 4.08. The Morgan fingerprint density at radius 1 is 1.14 bits per heavy atom. The van der Waals surface area contributed by atoms with Crippen molar-refractivity contribution in [3.63, 3.8) is 0 Å². The molecule has 4 nitrogen and oxygen atoms in total. The molecule has 1 unspecified atom stereocenters. The second-order valence-electron chi connectivity index (χ2n) is 3.54. The molecule has 0 aromatic carbocycles. The zero-order valence-corrected chi connectivity index (χ0v) is 10.0. The zero-order valence-electron chi connectivity index (χ0n) is 9.14. The van der Waals surface area contributed by atoms with Crippen LogP contribution in [0.25, 0.3) is 0 Å². The van der Waals surface area contributed by atoms with E-state index < -0.39 is 7.82 Å². The smallest absolute Gasteiger partial charge is 0.303 e. The maximum atomic E-state index is 10.6. The first-order valence-electron chi connectivity index (χ1n) is 5.16. The fourth-order valence-corrected chi connectivity index (χ4v) is 2.10. The Bertz CT molecular complexity index is 185. The topological polar surface area (TPSA) is 66.8 Å². The van der Waals surface area contributed by atoms with E-state index >= 15 is 0 Å². The lowest BCUT2D eigenvalue weighted by Gasteiger charge is -2.21. The second kappa shape index (κ2) is 6.57. The molecule has 0 aliphatic carbocycles. The van der Waals surface area contributed by atoms with Gasteiger partial charge >= 0.3 is 7.82 Å². The summed E-state index contributed by atoms with van der Waals surface area (Å²) in [6.45, 7) is 6.04. The van der Waals surface area contributed by atoms with Crippen molar-refractivity contribution >= 4 is 7.82 Å². The van der Waals surface area contributed by atoms with E-state index in [-0.39, 0.29) is 6.10 Å². The zero-order chi connectivity index (χ0) is 11.2. The van der Waals surface area contributed by atoms with Crippen LogP contribution in [-0.2, 0) is 9.09 Å². The summed E-state index contributed by atoms with van der Waals surface area (Å²) in [6, 6.07) is 0. The van der Waals surface area contributed by atoms with Gasteiger partial charge in [-0.3, -0.25) is 4.52 Å². The van der Waals surface area contributed by atoms with Crippen molar-refractivity contribution in [3.8, 4) is 0 Å². The fourth-order valence-electron chi connectivity index (χ4n) is 1.47. The molecule has 0 radical (unpaired) electrons. The van der Waals surface area contributed by atoms with Crippen LogP contribution in [0.5, 0.6) is 0 Å². The third kappa shape index (κ3) is 6.55. The van der Waals surface area contributed by atoms with Crippen molar-refractivity contribution in [2.75, 3.05) is 0 Å². The highest BCUT2D eigenvalue weighted by Crippen LogP contribution is 2.39. The molecule has 0 aromatic heterocycles. The predicted octanol–water partition coefficient (Wildman–Crippen LogP) is 2.70. The van der Waals surface area contributed by atoms with Crippen LogP contribution in [0, 0.1) is 5.92 Å². The van der Waals surface area contributed by atoms with E-state index in [4.69, 9.17) is 9.79 Å². The lowest BCUT2D eigenvalue weighted by molar-refractivity contribution is 0.108. The van der Waals surface area contributed by atoms with Crippen molar-refractivity contribution in [1.82, 2.24) is 0 Å². The molecule has 0 aromatic rings. The Morgan fingerprint density at radius 3 is 1.93 bits per heavy atom. The number of phosphoric acid groups is 1. The van der Waals surface area contributed by atoms with Gasteiger partial charge in [-0.2, -0.15) is 0 Å². The molecular formula is C9H21O4P. The molecule has 0 fully saturated rings. The Labute approximate surface area is 85.9 Å². The molecule has 0 amide bonds. The maximum absolute atomic E-state index is 10.6. The molecule has 0 aliphatic rings. The molecule has 0 bridgehead atoms. The first-order chi connectivity index (χ1) is 6.42. The maximum Gasteiger partial charge on any atom is 0.469 e. The van der Waals surface area contributed by atoms with E-state index in [1.54, 1.807) is 0 Å². The fraction of sp³-hybridized carbons (Fsp3) is 1.00. The first-order valence-corrected chi connectivity index (χ1v) is 6.69. The van der Waals surface area contributed by atoms with Crippen LogP contribution in [0.15, 0.2) is 0 Å². The monoisotopic (exact) mass is 224 g/mol. The summed E-state index contributed by atoms with van der Waals surface area (Å²) in [4.78, 5) is 17.3. The normalized spacial score (nSPS) is 14.7. The van der Waals surface area contributed by atoms with Gasteiger partial charge in [0.2, 0.25) is 0 Å². The summed E-state index contributed by atoms with van der Waals surface area (Å²) in [7, 11) is -4.32. The lowest BCUT2D eigenvalue weighted by Crippen LogP contribution is -2.15. The quantitative estimate of drug-likeness (QED) is 0.652. The van der Waals surface area contributed by atoms with Crippen LogP contribution in [-0.4, -0.2) is 15.9 Å². The van der Waals surface area contributed by atoms with E-state index in [2.05, 4.69) is 18.4 Å². The van der Waals surface area contributed by atoms with Crippen LogP contribution in [0.1, 0.15) is 46.5 Å². The summed E-state index contributed by atoms with van der Waals surface area (Å²) >= 11 is 0. The summed E-state index contributed by atoms with van der Waals surface area (Å²) in [6.07, 6.45) is 3.10. The summed E-state index contributed by atoms with van der Waals surface area (Å²) in [5, 5.41) is 0. The minimum Gasteiger partial charge on any atom is -0.303 e. The molecule has 86 valence electrons. The van der Waals surface area contributed by atoms with Crippen molar-refractivity contribution in [3.05, 3.63) is 0 Å². The van der Waals surface area contributed by atoms with Gasteiger partial charge in [0.25, 0.3) is 0 Å². The van der Waals surface area contributed by atoms with Gasteiger partial charge in [-0.25, -0.2) is 4.57 Å². The van der Waals surface area contributed by atoms with Gasteiger partial charge in [0.1, 0.15) is 0 Å². The molecule has 2 N–H and O–H groups in total. The van der Waals surface area contributed by atoms with Crippen LogP contribution >= 0.6 is 7.82 Å². The molecule has 0 saturated carbocycles. The van der Waals surface area contributed by atoms with E-state index in [1.807, 2.05) is 6.92 Å². The minimum absolute atomic E-state index is 0.319. The Kier molecular flexibility index (Phi) is 6.62. The highest BCUT2D eigenvalue weighted by Gasteiger charge is 2.22. The number of rotatable bonds is 7. The third-order valence-electron chi connectivity index (χ3n) is 2.49. The number of hydrogen-bond acceptors (Lipinski definition) is 2. The Morgan fingerprint density at radius 2 is 1.64 bits per heavy atom. The summed E-state index contributed by atoms with van der Waals surface area (Å²) in [5.74, 6) is 0.492. The Hall–Kier alpha value is 0.110. The van der Waals surface area contributed by atoms with Gasteiger partial charge in [0, 0.05) is 0 Å². The van der Waals surface area contributed by atoms with Crippen LogP contribution in [0.4, 0.5) is 0 Å². The SMILES string of the molecule is CCC(CC)CC(CC)OP(=O)(O)O. The van der Waals surface area contributed by atoms with Crippen molar-refractivity contribution in [2.45, 2.75) is 52.6 Å². The third-order valence-corrected chi connectivity index (χ3v) is 3.07. The number of hydrogen-bond donors (Lipinski definition) is 2. The largest absolute Gasteiger partial charge is 0.469 e. The molecular weight excluding hydrogens is 203 g/mol. The molecule has 0 saturated heterocycles. The van der Waals surface area contributed by atoms with Crippen molar-refractivity contribution in [2.24, 2.45) is 5.92 Å². The van der Waals surface area contributed by atoms with Crippen LogP contribution < -0.4 is 0 Å². The first kappa shape index (κ1) is 14.1. The number of phosphoric ester groups is 1. The highest BCUT2D eigenvalue weighted by molar-refractivity contribution is 7.46. The van der Waals surface area contributed by atoms with E-state index in [0.717, 1.165) is 19.3 Å². The molecule has 14 heavy (non-hydrogen) atoms. The van der Waals surface area contributed by atoms with Gasteiger partial charge in [-0.15, -0.1) is 0 Å². The van der Waals surface area contributed by atoms with Gasteiger partial charge in [-0.1, -0.05) is 33.6 Å². The molecule has 0 rings (SSSR count). The van der Waals surface area contributed by atoms with Gasteiger partial charge in [0.05, 0.1) is 6.10 Å². The molecule has 0 heterocycles. The average molecular weight is 224 g/mol. The lowest BCUT2D eigenvalue weighted by atomic mass is 9.95. The van der Waals surface area contributed by atoms with Gasteiger partial charge in [-0.05, 0) is 18.8 Å². The van der Waals surface area contributed by atoms with E-state index in [1.165, 1.54) is 0 Å². The molecule has 1 atom stereocenters. The highest BCUT2D eigenvalue weighted by atomic mass is 31.2. The standard InChI is InChI=1S/C9H21O4P/c1-4-8(5-2)7-9(6-3)13-14(10,11)12/h8-9H,4-7H2,1-3H3,(H2,10,11,12). The minimum atomic E-state index is -4.32. The predicted molar refractivity (Wildman–Crippen MR) is 55.9 cm³/mol. The van der Waals surface area contributed by atoms with E-state index in [9.17, 15) is 4.57 Å². The molecule has 0 aliphatic heterocycles. The summed E-state index contributed by atoms with van der Waals surface area (Å²) in [5.41, 5.74) is 0.